The standard InChI is InChI=1S/C48H89NO5/c1-4-7-10-13-16-19-22-23-24-26-29-32-35-38-41-48(53)54-44(39-36-33-30-27-25-20-17-14-11-8-5-2)42-47(52)49-45(43-50)46(51)40-37-34-31-28-21-18-15-12-9-6-3/h24,26-27,30,36,39,44-46,50-51H,4-23,25,28-29,31-35,37-38,40-43H2,1-3H3,(H,49,52)/b26-24-,30-27-,39-36+. The molecule has 6 heteroatoms. The van der Waals surface area contributed by atoms with Crippen LogP contribution in [-0.2, 0) is 14.3 Å². The van der Waals surface area contributed by atoms with E-state index in [0.717, 1.165) is 64.2 Å². The van der Waals surface area contributed by atoms with Crippen LogP contribution in [0.4, 0.5) is 0 Å². The van der Waals surface area contributed by atoms with Crippen molar-refractivity contribution in [3.8, 4) is 0 Å². The van der Waals surface area contributed by atoms with Crippen molar-refractivity contribution in [3.63, 3.8) is 0 Å². The van der Waals surface area contributed by atoms with Gasteiger partial charge in [-0.05, 0) is 63.9 Å². The molecule has 54 heavy (non-hydrogen) atoms. The van der Waals surface area contributed by atoms with Crippen molar-refractivity contribution >= 4 is 11.9 Å². The number of carbonyl (C=O) groups is 2. The van der Waals surface area contributed by atoms with Crippen molar-refractivity contribution in [1.29, 1.82) is 0 Å². The molecule has 0 fully saturated rings. The van der Waals surface area contributed by atoms with Crippen LogP contribution in [-0.4, -0.2) is 46.9 Å². The number of rotatable bonds is 41. The fourth-order valence-corrected chi connectivity index (χ4v) is 6.86. The van der Waals surface area contributed by atoms with Crippen LogP contribution in [0.2, 0.25) is 0 Å². The Labute approximate surface area is 334 Å². The van der Waals surface area contributed by atoms with Gasteiger partial charge in [-0.3, -0.25) is 9.59 Å². The van der Waals surface area contributed by atoms with Gasteiger partial charge >= 0.3 is 5.97 Å². The molecule has 3 atom stereocenters. The second-order valence-electron chi connectivity index (χ2n) is 15.8. The van der Waals surface area contributed by atoms with Crippen molar-refractivity contribution in [2.45, 2.75) is 251 Å². The van der Waals surface area contributed by atoms with Gasteiger partial charge in [-0.2, -0.15) is 0 Å². The zero-order valence-electron chi connectivity index (χ0n) is 35.9. The molecular weight excluding hydrogens is 671 g/mol. The maximum absolute atomic E-state index is 13.1. The largest absolute Gasteiger partial charge is 0.458 e. The second-order valence-corrected chi connectivity index (χ2v) is 15.8. The van der Waals surface area contributed by atoms with E-state index in [-0.39, 0.29) is 24.9 Å². The van der Waals surface area contributed by atoms with Crippen molar-refractivity contribution in [2.24, 2.45) is 0 Å². The Kier molecular flexibility index (Phi) is 40.7. The van der Waals surface area contributed by atoms with Gasteiger partial charge in [0.2, 0.25) is 5.91 Å². The summed E-state index contributed by atoms with van der Waals surface area (Å²) in [7, 11) is 0. The molecule has 1 amide bonds. The summed E-state index contributed by atoms with van der Waals surface area (Å²) < 4.78 is 5.79. The highest BCUT2D eigenvalue weighted by Crippen LogP contribution is 2.15. The number of ether oxygens (including phenoxy) is 1. The first-order chi connectivity index (χ1) is 26.5. The number of esters is 1. The van der Waals surface area contributed by atoms with Crippen LogP contribution in [0.25, 0.3) is 0 Å². The Morgan fingerprint density at radius 3 is 1.46 bits per heavy atom. The van der Waals surface area contributed by atoms with E-state index >= 15 is 0 Å². The van der Waals surface area contributed by atoms with E-state index in [1.165, 1.54) is 128 Å². The van der Waals surface area contributed by atoms with Gasteiger partial charge in [0.25, 0.3) is 0 Å². The van der Waals surface area contributed by atoms with Gasteiger partial charge in [-0.15, -0.1) is 0 Å². The van der Waals surface area contributed by atoms with Crippen molar-refractivity contribution in [1.82, 2.24) is 5.32 Å². The number of hydrogen-bond acceptors (Lipinski definition) is 5. The van der Waals surface area contributed by atoms with Gasteiger partial charge in [-0.1, -0.05) is 192 Å². The molecule has 0 spiro atoms. The van der Waals surface area contributed by atoms with E-state index in [2.05, 4.69) is 50.4 Å². The maximum atomic E-state index is 13.1. The third-order valence-corrected chi connectivity index (χ3v) is 10.4. The lowest BCUT2D eigenvalue weighted by Crippen LogP contribution is -2.46. The van der Waals surface area contributed by atoms with E-state index < -0.39 is 18.2 Å². The van der Waals surface area contributed by atoms with Gasteiger partial charge in [-0.25, -0.2) is 0 Å². The highest BCUT2D eigenvalue weighted by Gasteiger charge is 2.23. The van der Waals surface area contributed by atoms with Gasteiger partial charge in [0, 0.05) is 6.42 Å². The number of aliphatic hydroxyl groups excluding tert-OH is 2. The quantitative estimate of drug-likeness (QED) is 0.0328. The van der Waals surface area contributed by atoms with Crippen molar-refractivity contribution in [2.75, 3.05) is 6.61 Å². The summed E-state index contributed by atoms with van der Waals surface area (Å²) in [6.07, 6.45) is 48.1. The molecule has 3 N–H and O–H groups in total. The zero-order valence-corrected chi connectivity index (χ0v) is 35.9. The van der Waals surface area contributed by atoms with Crippen LogP contribution >= 0.6 is 0 Å². The molecule has 0 bridgehead atoms. The molecule has 0 aromatic rings. The summed E-state index contributed by atoms with van der Waals surface area (Å²) in [5.74, 6) is -0.620. The van der Waals surface area contributed by atoms with Crippen LogP contribution in [0, 0.1) is 0 Å². The number of unbranched alkanes of at least 4 members (excludes halogenated alkanes) is 25. The van der Waals surface area contributed by atoms with Gasteiger partial charge in [0.15, 0.2) is 0 Å². The molecule has 0 radical (unpaired) electrons. The molecule has 0 aromatic carbocycles. The first-order valence-corrected chi connectivity index (χ1v) is 23.2. The van der Waals surface area contributed by atoms with Gasteiger partial charge in [0.1, 0.15) is 6.10 Å². The van der Waals surface area contributed by atoms with Crippen LogP contribution < -0.4 is 5.32 Å². The zero-order chi connectivity index (χ0) is 39.6. The number of allylic oxidation sites excluding steroid dienone is 5. The number of nitrogens with one attached hydrogen (secondary N) is 1. The first-order valence-electron chi connectivity index (χ1n) is 23.2. The van der Waals surface area contributed by atoms with E-state index in [0.29, 0.717) is 12.8 Å². The summed E-state index contributed by atoms with van der Waals surface area (Å²) in [5, 5.41) is 23.5. The monoisotopic (exact) mass is 760 g/mol. The average molecular weight is 760 g/mol. The van der Waals surface area contributed by atoms with Crippen LogP contribution in [0.15, 0.2) is 36.5 Å². The SMILES string of the molecule is CCCCCCCC/C=C\C/C=C/C(CC(=O)NC(CO)C(O)CCCCCCCCCCCC)OC(=O)CCCCC/C=C\CCCCCCCCC. The molecule has 0 saturated heterocycles. The summed E-state index contributed by atoms with van der Waals surface area (Å²) in [6, 6.07) is -0.731. The van der Waals surface area contributed by atoms with E-state index in [4.69, 9.17) is 4.74 Å². The third-order valence-electron chi connectivity index (χ3n) is 10.4. The lowest BCUT2D eigenvalue weighted by Gasteiger charge is -2.23. The molecule has 0 rings (SSSR count). The Hall–Kier alpha value is -1.92. The number of amides is 1. The summed E-state index contributed by atoms with van der Waals surface area (Å²) in [6.45, 7) is 6.41. The molecule has 0 aliphatic heterocycles. The minimum Gasteiger partial charge on any atom is -0.458 e. The smallest absolute Gasteiger partial charge is 0.306 e. The summed E-state index contributed by atoms with van der Waals surface area (Å²) in [4.78, 5) is 25.9. The molecule has 0 aromatic heterocycles. The van der Waals surface area contributed by atoms with Crippen LogP contribution in [0.1, 0.15) is 233 Å². The molecule has 0 aliphatic carbocycles. The number of carbonyl (C=O) groups excluding carboxylic acids is 2. The Balaban J connectivity index is 4.68. The lowest BCUT2D eigenvalue weighted by atomic mass is 10.0. The van der Waals surface area contributed by atoms with Crippen LogP contribution in [0.5, 0.6) is 0 Å². The predicted molar refractivity (Wildman–Crippen MR) is 232 cm³/mol. The summed E-state index contributed by atoms with van der Waals surface area (Å²) in [5.41, 5.74) is 0. The van der Waals surface area contributed by atoms with E-state index in [9.17, 15) is 19.8 Å². The first kappa shape index (κ1) is 52.1. The Bertz CT molecular complexity index is 900. The predicted octanol–water partition coefficient (Wildman–Crippen LogP) is 13.3. The lowest BCUT2D eigenvalue weighted by molar-refractivity contribution is -0.148. The molecule has 6 nitrogen and oxygen atoms in total. The highest BCUT2D eigenvalue weighted by molar-refractivity contribution is 5.78. The van der Waals surface area contributed by atoms with E-state index in [1.54, 1.807) is 0 Å². The van der Waals surface area contributed by atoms with E-state index in [1.807, 2.05) is 12.2 Å². The average Bonchev–Trinajstić information content (AvgIpc) is 3.16. The van der Waals surface area contributed by atoms with Crippen molar-refractivity contribution in [3.05, 3.63) is 36.5 Å². The third kappa shape index (κ3) is 37.0. The topological polar surface area (TPSA) is 95.9 Å². The Morgan fingerprint density at radius 1 is 0.556 bits per heavy atom. The molecule has 0 saturated carbocycles. The number of hydrogen-bond donors (Lipinski definition) is 3. The van der Waals surface area contributed by atoms with Gasteiger partial charge < -0.3 is 20.3 Å². The number of aliphatic hydroxyl groups is 2. The molecule has 0 heterocycles. The molecule has 0 aliphatic rings. The molecule has 316 valence electrons. The Morgan fingerprint density at radius 2 is 0.981 bits per heavy atom. The van der Waals surface area contributed by atoms with Crippen LogP contribution in [0.3, 0.4) is 0 Å². The highest BCUT2D eigenvalue weighted by atomic mass is 16.5. The normalized spacial score (nSPS) is 13.6. The van der Waals surface area contributed by atoms with Crippen molar-refractivity contribution < 1.29 is 24.5 Å². The second kappa shape index (κ2) is 42.2. The fraction of sp³-hybridized carbons (Fsp3) is 0.833. The van der Waals surface area contributed by atoms with Gasteiger partial charge in [0.05, 0.1) is 25.2 Å². The fourth-order valence-electron chi connectivity index (χ4n) is 6.86. The molecular formula is C48H89NO5. The molecule has 3 unspecified atom stereocenters. The minimum atomic E-state index is -0.809. The minimum absolute atomic E-state index is 0.0330. The maximum Gasteiger partial charge on any atom is 0.306 e. The summed E-state index contributed by atoms with van der Waals surface area (Å²) >= 11 is 0.